The van der Waals surface area contributed by atoms with Gasteiger partial charge in [-0.3, -0.25) is 9.89 Å². The molecule has 0 amide bonds. The fourth-order valence-electron chi connectivity index (χ4n) is 4.65. The van der Waals surface area contributed by atoms with Crippen LogP contribution in [0.3, 0.4) is 0 Å². The molecule has 1 fully saturated rings. The summed E-state index contributed by atoms with van der Waals surface area (Å²) < 4.78 is 25.3. The number of esters is 1. The Morgan fingerprint density at radius 3 is 2.70 bits per heavy atom. The van der Waals surface area contributed by atoms with Gasteiger partial charge < -0.3 is 14.4 Å². The molecule has 192 valence electrons. The number of rotatable bonds is 7. The second-order valence-electron chi connectivity index (χ2n) is 8.65. The molecule has 0 bridgehead atoms. The van der Waals surface area contributed by atoms with Crippen molar-refractivity contribution < 1.29 is 18.7 Å². The van der Waals surface area contributed by atoms with E-state index in [4.69, 9.17) is 14.5 Å². The van der Waals surface area contributed by atoms with Gasteiger partial charge in [0.15, 0.2) is 10.8 Å². The number of carbonyl (C=O) groups is 1. The number of hydrogen-bond acceptors (Lipinski definition) is 8. The van der Waals surface area contributed by atoms with Crippen LogP contribution in [0.25, 0.3) is 0 Å². The Balaban J connectivity index is 1.58. The number of amidine groups is 1. The molecule has 2 aliphatic rings. The maximum Gasteiger partial charge on any atom is 0.338 e. The zero-order valence-corrected chi connectivity index (χ0v) is 22.9. The third-order valence-electron chi connectivity index (χ3n) is 6.37. The number of carbonyl (C=O) groups excluding carboxylic acids is 1. The summed E-state index contributed by atoms with van der Waals surface area (Å²) >= 11 is 4.99. The van der Waals surface area contributed by atoms with Crippen molar-refractivity contribution in [3.05, 3.63) is 91.7 Å². The van der Waals surface area contributed by atoms with Gasteiger partial charge in [-0.15, -0.1) is 11.3 Å². The van der Waals surface area contributed by atoms with E-state index in [1.165, 1.54) is 23.5 Å². The fourth-order valence-corrected chi connectivity index (χ4v) is 5.85. The van der Waals surface area contributed by atoms with Crippen LogP contribution in [-0.4, -0.2) is 59.9 Å². The molecule has 5 rings (SSSR count). The number of nitrogens with zero attached hydrogens (tertiary/aromatic N) is 4. The number of methoxy groups -OCH3 is 1. The summed E-state index contributed by atoms with van der Waals surface area (Å²) in [5.74, 6) is 0.733. The van der Waals surface area contributed by atoms with Gasteiger partial charge in [0, 0.05) is 47.9 Å². The molecule has 0 radical (unpaired) electrons. The van der Waals surface area contributed by atoms with Crippen molar-refractivity contribution in [2.24, 2.45) is 4.99 Å². The minimum Gasteiger partial charge on any atom is -0.497 e. The van der Waals surface area contributed by atoms with E-state index in [-0.39, 0.29) is 12.4 Å². The first-order valence-corrected chi connectivity index (χ1v) is 13.6. The molecule has 0 unspecified atom stereocenters. The van der Waals surface area contributed by atoms with Gasteiger partial charge >= 0.3 is 5.97 Å². The Bertz CT molecular complexity index is 1340. The molecular weight excluding hydrogens is 559 g/mol. The highest BCUT2D eigenvalue weighted by atomic mass is 79.9. The van der Waals surface area contributed by atoms with Crippen LogP contribution in [0.5, 0.6) is 5.75 Å². The molecule has 37 heavy (non-hydrogen) atoms. The van der Waals surface area contributed by atoms with E-state index in [0.29, 0.717) is 41.1 Å². The summed E-state index contributed by atoms with van der Waals surface area (Å²) in [6, 6.07) is 11.8. The summed E-state index contributed by atoms with van der Waals surface area (Å²) in [5.41, 5.74) is 3.14. The lowest BCUT2D eigenvalue weighted by Crippen LogP contribution is -2.50. The molecule has 1 saturated heterocycles. The lowest BCUT2D eigenvalue weighted by atomic mass is 9.93. The molecule has 0 saturated carbocycles. The maximum absolute atomic E-state index is 14.0. The summed E-state index contributed by atoms with van der Waals surface area (Å²) in [7, 11) is 1.65. The van der Waals surface area contributed by atoms with Crippen LogP contribution in [-0.2, 0) is 16.1 Å². The number of piperazine rings is 1. The van der Waals surface area contributed by atoms with Crippen molar-refractivity contribution >= 4 is 39.1 Å². The summed E-state index contributed by atoms with van der Waals surface area (Å²) in [5, 5.41) is 2.68. The van der Waals surface area contributed by atoms with Gasteiger partial charge in [0.25, 0.3) is 0 Å². The first-order chi connectivity index (χ1) is 18.0. The highest BCUT2D eigenvalue weighted by Crippen LogP contribution is 2.40. The number of aliphatic imine (C=N–C) groups is 1. The monoisotopic (exact) mass is 584 g/mol. The van der Waals surface area contributed by atoms with Crippen LogP contribution in [0.2, 0.25) is 0 Å². The van der Waals surface area contributed by atoms with Gasteiger partial charge in [-0.05, 0) is 42.3 Å². The average Bonchev–Trinajstić information content (AvgIpc) is 3.43. The zero-order chi connectivity index (χ0) is 25.9. The standard InChI is InChI=1S/C27H26BrFN4O3S/c1-3-36-27(34)23-22-16-32(15-17-4-7-19(35-2)8-5-17)11-12-33(22)25(26-30-10-13-37-26)31-24(23)20-9-6-18(29)14-21(20)28/h4-10,13-14,24H,3,11-12,15-16H2,1-2H3/t24-/m0/s1. The van der Waals surface area contributed by atoms with E-state index in [9.17, 15) is 9.18 Å². The normalized spacial score (nSPS) is 17.9. The van der Waals surface area contributed by atoms with E-state index >= 15 is 0 Å². The van der Waals surface area contributed by atoms with Crippen molar-refractivity contribution in [3.8, 4) is 5.75 Å². The third-order valence-corrected chi connectivity index (χ3v) is 7.83. The van der Waals surface area contributed by atoms with Gasteiger partial charge in [-0.25, -0.2) is 14.2 Å². The van der Waals surface area contributed by atoms with Gasteiger partial charge in [0.1, 0.15) is 17.6 Å². The molecule has 1 aromatic heterocycles. The second-order valence-corrected chi connectivity index (χ2v) is 10.4. The number of hydrogen-bond donors (Lipinski definition) is 0. The minimum atomic E-state index is -0.667. The SMILES string of the molecule is CCOC(=O)C1=C2CN(Cc3ccc(OC)cc3)CCN2C(c2nccs2)=N[C@H]1c1ccc(F)cc1Br. The molecule has 3 heterocycles. The topological polar surface area (TPSA) is 67.3 Å². The lowest BCUT2D eigenvalue weighted by Gasteiger charge is -2.42. The number of halogens is 2. The molecule has 7 nitrogen and oxygen atoms in total. The molecule has 0 spiro atoms. The molecule has 1 atom stereocenters. The van der Waals surface area contributed by atoms with Crippen LogP contribution in [0.1, 0.15) is 29.1 Å². The number of thiazole rings is 1. The Morgan fingerprint density at radius 1 is 1.22 bits per heavy atom. The maximum atomic E-state index is 14.0. The predicted molar refractivity (Wildman–Crippen MR) is 144 cm³/mol. The highest BCUT2D eigenvalue weighted by molar-refractivity contribution is 9.10. The first kappa shape index (κ1) is 25.6. The highest BCUT2D eigenvalue weighted by Gasteiger charge is 2.40. The number of ether oxygens (including phenoxy) is 2. The van der Waals surface area contributed by atoms with Crippen LogP contribution in [0.4, 0.5) is 4.39 Å². The average molecular weight is 585 g/mol. The smallest absolute Gasteiger partial charge is 0.338 e. The van der Waals surface area contributed by atoms with Crippen molar-refractivity contribution in [1.82, 2.24) is 14.8 Å². The van der Waals surface area contributed by atoms with Crippen molar-refractivity contribution in [2.45, 2.75) is 19.5 Å². The molecule has 0 N–H and O–H groups in total. The van der Waals surface area contributed by atoms with Crippen molar-refractivity contribution in [2.75, 3.05) is 33.4 Å². The number of benzene rings is 2. The Labute approximate surface area is 227 Å². The largest absolute Gasteiger partial charge is 0.497 e. The van der Waals surface area contributed by atoms with E-state index in [0.717, 1.165) is 28.6 Å². The van der Waals surface area contributed by atoms with Crippen molar-refractivity contribution in [3.63, 3.8) is 0 Å². The predicted octanol–water partition coefficient (Wildman–Crippen LogP) is 5.19. The lowest BCUT2D eigenvalue weighted by molar-refractivity contribution is -0.139. The third kappa shape index (κ3) is 5.32. The quantitative estimate of drug-likeness (QED) is 0.356. The van der Waals surface area contributed by atoms with Crippen LogP contribution >= 0.6 is 27.3 Å². The van der Waals surface area contributed by atoms with Crippen LogP contribution in [0.15, 0.2) is 74.8 Å². The molecule has 10 heteroatoms. The Morgan fingerprint density at radius 2 is 2.03 bits per heavy atom. The van der Waals surface area contributed by atoms with E-state index < -0.39 is 12.0 Å². The summed E-state index contributed by atoms with van der Waals surface area (Å²) in [4.78, 5) is 27.4. The minimum absolute atomic E-state index is 0.242. The van der Waals surface area contributed by atoms with E-state index in [1.54, 1.807) is 26.3 Å². The van der Waals surface area contributed by atoms with Gasteiger partial charge in [-0.1, -0.05) is 34.1 Å². The molecule has 2 aromatic carbocycles. The second kappa shape index (κ2) is 11.1. The van der Waals surface area contributed by atoms with Crippen LogP contribution < -0.4 is 4.74 Å². The summed E-state index contributed by atoms with van der Waals surface area (Å²) in [6.45, 7) is 4.69. The number of fused-ring (bicyclic) bond motifs is 1. The van der Waals surface area contributed by atoms with Gasteiger partial charge in [0.05, 0.1) is 19.3 Å². The molecule has 3 aromatic rings. The van der Waals surface area contributed by atoms with Crippen LogP contribution in [0, 0.1) is 5.82 Å². The first-order valence-electron chi connectivity index (χ1n) is 11.9. The van der Waals surface area contributed by atoms with Gasteiger partial charge in [0.2, 0.25) is 0 Å². The molecule has 0 aliphatic carbocycles. The Hall–Kier alpha value is -3.08. The molecule has 2 aliphatic heterocycles. The number of aromatic nitrogens is 1. The molecular formula is C27H26BrFN4O3S. The van der Waals surface area contributed by atoms with Gasteiger partial charge in [-0.2, -0.15) is 0 Å². The van der Waals surface area contributed by atoms with E-state index in [1.807, 2.05) is 29.6 Å². The zero-order valence-electron chi connectivity index (χ0n) is 20.5. The van der Waals surface area contributed by atoms with Crippen molar-refractivity contribution in [1.29, 1.82) is 0 Å². The summed E-state index contributed by atoms with van der Waals surface area (Å²) in [6.07, 6.45) is 1.75. The van der Waals surface area contributed by atoms with E-state index in [2.05, 4.69) is 30.7 Å². The fraction of sp³-hybridized carbons (Fsp3) is 0.296. The Kier molecular flexibility index (Phi) is 7.68.